The van der Waals surface area contributed by atoms with Crippen LogP contribution in [0.2, 0.25) is 0 Å². The Morgan fingerprint density at radius 3 is 2.84 bits per heavy atom. The van der Waals surface area contributed by atoms with Crippen molar-refractivity contribution in [2.45, 2.75) is 44.7 Å². The summed E-state index contributed by atoms with van der Waals surface area (Å²) in [7, 11) is 0. The molecule has 2 heterocycles. The van der Waals surface area contributed by atoms with Crippen molar-refractivity contribution in [3.05, 3.63) is 35.6 Å². The Labute approximate surface area is 148 Å². The van der Waals surface area contributed by atoms with E-state index in [-0.39, 0.29) is 23.7 Å². The highest BCUT2D eigenvalue weighted by molar-refractivity contribution is 5.82. The normalized spacial score (nSPS) is 21.1. The molecule has 0 spiro atoms. The fourth-order valence-corrected chi connectivity index (χ4v) is 3.65. The van der Waals surface area contributed by atoms with Gasteiger partial charge in [-0.1, -0.05) is 12.1 Å². The molecule has 136 valence electrons. The van der Waals surface area contributed by atoms with Crippen LogP contribution in [0.4, 0.5) is 4.39 Å². The molecule has 25 heavy (non-hydrogen) atoms. The summed E-state index contributed by atoms with van der Waals surface area (Å²) >= 11 is 0. The van der Waals surface area contributed by atoms with Crippen LogP contribution in [-0.4, -0.2) is 53.8 Å². The molecule has 1 atom stereocenters. The van der Waals surface area contributed by atoms with Gasteiger partial charge in [-0.15, -0.1) is 0 Å². The number of carbonyl (C=O) groups is 2. The first-order valence-electron chi connectivity index (χ1n) is 9.14. The topological polar surface area (TPSA) is 52.7 Å². The van der Waals surface area contributed by atoms with E-state index in [1.165, 1.54) is 25.0 Å². The molecule has 1 N–H and O–H groups in total. The molecule has 0 saturated carbocycles. The van der Waals surface area contributed by atoms with E-state index in [1.807, 2.05) is 0 Å². The van der Waals surface area contributed by atoms with Crippen molar-refractivity contribution in [3.63, 3.8) is 0 Å². The van der Waals surface area contributed by atoms with Crippen LogP contribution < -0.4 is 5.32 Å². The molecule has 1 aromatic carbocycles. The third-order valence-corrected chi connectivity index (χ3v) is 4.92. The average Bonchev–Trinajstić information content (AvgIpc) is 3.18. The number of hydrogen-bond acceptors (Lipinski definition) is 3. The Morgan fingerprint density at radius 1 is 1.28 bits per heavy atom. The first kappa shape index (κ1) is 17.9. The summed E-state index contributed by atoms with van der Waals surface area (Å²) in [5.41, 5.74) is 0.769. The molecule has 2 fully saturated rings. The first-order chi connectivity index (χ1) is 12.1. The molecule has 2 saturated heterocycles. The number of carbonyl (C=O) groups excluding carboxylic acids is 2. The van der Waals surface area contributed by atoms with Crippen molar-refractivity contribution in [1.29, 1.82) is 0 Å². The SMILES string of the molecule is O=C(CCCN1CCCC1)N[C@H]1CC(=O)N(Cc2cccc(F)c2)C1. The summed E-state index contributed by atoms with van der Waals surface area (Å²) in [6.45, 7) is 4.15. The van der Waals surface area contributed by atoms with Gasteiger partial charge in [-0.3, -0.25) is 9.59 Å². The Hall–Kier alpha value is -1.95. The molecule has 1 aromatic rings. The number of benzene rings is 1. The minimum atomic E-state index is -0.299. The maximum absolute atomic E-state index is 13.3. The summed E-state index contributed by atoms with van der Waals surface area (Å²) in [6.07, 6.45) is 4.22. The molecule has 6 heteroatoms. The number of rotatable bonds is 7. The second-order valence-corrected chi connectivity index (χ2v) is 7.03. The van der Waals surface area contributed by atoms with Crippen molar-refractivity contribution in [3.8, 4) is 0 Å². The summed E-state index contributed by atoms with van der Waals surface area (Å²) in [5.74, 6) is -0.275. The minimum absolute atomic E-state index is 0.00614. The van der Waals surface area contributed by atoms with Crippen LogP contribution in [0.25, 0.3) is 0 Å². The number of amides is 2. The zero-order valence-electron chi connectivity index (χ0n) is 14.5. The van der Waals surface area contributed by atoms with Gasteiger partial charge in [-0.25, -0.2) is 4.39 Å². The van der Waals surface area contributed by atoms with Gasteiger partial charge in [0.15, 0.2) is 0 Å². The van der Waals surface area contributed by atoms with E-state index in [0.717, 1.165) is 31.6 Å². The predicted molar refractivity (Wildman–Crippen MR) is 93.3 cm³/mol. The smallest absolute Gasteiger partial charge is 0.225 e. The molecule has 0 aliphatic carbocycles. The van der Waals surface area contributed by atoms with E-state index in [0.29, 0.717) is 25.9 Å². The van der Waals surface area contributed by atoms with Gasteiger partial charge in [0.05, 0.1) is 6.04 Å². The standard InChI is InChI=1S/C19H26FN3O2/c20-16-6-3-5-15(11-16)13-23-14-17(12-19(23)25)21-18(24)7-4-10-22-8-1-2-9-22/h3,5-6,11,17H,1-2,4,7-10,12-14H2,(H,21,24)/t17-/m0/s1. The maximum Gasteiger partial charge on any atom is 0.225 e. The van der Waals surface area contributed by atoms with E-state index in [4.69, 9.17) is 0 Å². The zero-order valence-corrected chi connectivity index (χ0v) is 14.5. The average molecular weight is 347 g/mol. The van der Waals surface area contributed by atoms with Crippen LogP contribution in [0.1, 0.15) is 37.7 Å². The van der Waals surface area contributed by atoms with E-state index in [9.17, 15) is 14.0 Å². The van der Waals surface area contributed by atoms with E-state index >= 15 is 0 Å². The second-order valence-electron chi connectivity index (χ2n) is 7.03. The lowest BCUT2D eigenvalue weighted by Crippen LogP contribution is -2.37. The largest absolute Gasteiger partial charge is 0.351 e. The first-order valence-corrected chi connectivity index (χ1v) is 9.14. The van der Waals surface area contributed by atoms with Crippen molar-refractivity contribution in [1.82, 2.24) is 15.1 Å². The fraction of sp³-hybridized carbons (Fsp3) is 0.579. The Kier molecular flexibility index (Phi) is 6.02. The van der Waals surface area contributed by atoms with Crippen molar-refractivity contribution >= 4 is 11.8 Å². The summed E-state index contributed by atoms with van der Waals surface area (Å²) in [5, 5.41) is 2.97. The third kappa shape index (κ3) is 5.26. The molecule has 0 unspecified atom stereocenters. The van der Waals surface area contributed by atoms with Crippen LogP contribution in [0, 0.1) is 5.82 Å². The molecule has 0 bridgehead atoms. The van der Waals surface area contributed by atoms with Crippen molar-refractivity contribution in [2.24, 2.45) is 0 Å². The highest BCUT2D eigenvalue weighted by atomic mass is 19.1. The summed E-state index contributed by atoms with van der Waals surface area (Å²) < 4.78 is 13.3. The van der Waals surface area contributed by atoms with Gasteiger partial charge in [0, 0.05) is 25.9 Å². The molecular weight excluding hydrogens is 321 g/mol. The Bertz CT molecular complexity index is 616. The Morgan fingerprint density at radius 2 is 2.08 bits per heavy atom. The number of likely N-dealkylation sites (tertiary alicyclic amines) is 2. The Balaban J connectivity index is 1.40. The minimum Gasteiger partial charge on any atom is -0.351 e. The van der Waals surface area contributed by atoms with Gasteiger partial charge in [-0.2, -0.15) is 0 Å². The van der Waals surface area contributed by atoms with Crippen LogP contribution >= 0.6 is 0 Å². The fourth-order valence-electron chi connectivity index (χ4n) is 3.65. The van der Waals surface area contributed by atoms with Crippen molar-refractivity contribution < 1.29 is 14.0 Å². The van der Waals surface area contributed by atoms with E-state index in [1.54, 1.807) is 17.0 Å². The molecule has 2 aliphatic heterocycles. The predicted octanol–water partition coefficient (Wildman–Crippen LogP) is 1.92. The number of nitrogens with zero attached hydrogens (tertiary/aromatic N) is 2. The molecule has 0 radical (unpaired) electrons. The monoisotopic (exact) mass is 347 g/mol. The zero-order chi connectivity index (χ0) is 17.6. The second kappa shape index (κ2) is 8.43. The van der Waals surface area contributed by atoms with Gasteiger partial charge in [0.25, 0.3) is 0 Å². The lowest BCUT2D eigenvalue weighted by atomic mass is 10.2. The summed E-state index contributed by atoms with van der Waals surface area (Å²) in [4.78, 5) is 28.3. The van der Waals surface area contributed by atoms with E-state index < -0.39 is 0 Å². The molecular formula is C19H26FN3O2. The molecule has 2 aliphatic rings. The van der Waals surface area contributed by atoms with Crippen LogP contribution in [0.15, 0.2) is 24.3 Å². The van der Waals surface area contributed by atoms with Crippen LogP contribution in [0.3, 0.4) is 0 Å². The number of hydrogen-bond donors (Lipinski definition) is 1. The highest BCUT2D eigenvalue weighted by Gasteiger charge is 2.30. The highest BCUT2D eigenvalue weighted by Crippen LogP contribution is 2.16. The van der Waals surface area contributed by atoms with Gasteiger partial charge in [0.1, 0.15) is 5.82 Å². The number of halogens is 1. The van der Waals surface area contributed by atoms with Gasteiger partial charge in [-0.05, 0) is 56.6 Å². The lowest BCUT2D eigenvalue weighted by molar-refractivity contribution is -0.128. The molecule has 2 amide bonds. The van der Waals surface area contributed by atoms with E-state index in [2.05, 4.69) is 10.2 Å². The molecule has 3 rings (SSSR count). The van der Waals surface area contributed by atoms with Crippen LogP contribution in [0.5, 0.6) is 0 Å². The van der Waals surface area contributed by atoms with Gasteiger partial charge >= 0.3 is 0 Å². The lowest BCUT2D eigenvalue weighted by Gasteiger charge is -2.18. The number of nitrogens with one attached hydrogen (secondary N) is 1. The third-order valence-electron chi connectivity index (χ3n) is 4.92. The van der Waals surface area contributed by atoms with Gasteiger partial charge in [0.2, 0.25) is 11.8 Å². The van der Waals surface area contributed by atoms with Gasteiger partial charge < -0.3 is 15.1 Å². The quantitative estimate of drug-likeness (QED) is 0.820. The molecule has 5 nitrogen and oxygen atoms in total. The molecule has 0 aromatic heterocycles. The summed E-state index contributed by atoms with van der Waals surface area (Å²) in [6, 6.07) is 6.14. The van der Waals surface area contributed by atoms with Crippen molar-refractivity contribution in [2.75, 3.05) is 26.2 Å². The maximum atomic E-state index is 13.3. The van der Waals surface area contributed by atoms with Crippen LogP contribution in [-0.2, 0) is 16.1 Å².